The zero-order chi connectivity index (χ0) is 16.2. The molecule has 0 saturated heterocycles. The lowest BCUT2D eigenvalue weighted by molar-refractivity contribution is 0.0939. The quantitative estimate of drug-likeness (QED) is 0.845. The molecule has 0 fully saturated rings. The molecule has 1 unspecified atom stereocenters. The normalized spacial score (nSPS) is 12.8. The molecule has 1 amide bonds. The average Bonchev–Trinajstić information content (AvgIpc) is 2.96. The van der Waals surface area contributed by atoms with Crippen molar-refractivity contribution in [2.24, 2.45) is 5.14 Å². The lowest BCUT2D eigenvalue weighted by Gasteiger charge is -2.13. The van der Waals surface area contributed by atoms with E-state index in [-0.39, 0.29) is 16.2 Å². The minimum atomic E-state index is -3.75. The lowest BCUT2D eigenvalue weighted by atomic mass is 10.1. The first-order chi connectivity index (χ1) is 10.4. The van der Waals surface area contributed by atoms with Crippen LogP contribution in [-0.4, -0.2) is 20.4 Å². The van der Waals surface area contributed by atoms with E-state index in [0.29, 0.717) is 5.56 Å². The van der Waals surface area contributed by atoms with Crippen LogP contribution in [0.5, 0.6) is 0 Å². The first-order valence-electron chi connectivity index (χ1n) is 6.82. The van der Waals surface area contributed by atoms with Crippen LogP contribution in [0.4, 0.5) is 0 Å². The molecule has 3 N–H and O–H groups in total. The predicted molar refractivity (Wildman–Crippen MR) is 87.4 cm³/mol. The van der Waals surface area contributed by atoms with Gasteiger partial charge in [0.05, 0.1) is 5.56 Å². The highest BCUT2D eigenvalue weighted by Gasteiger charge is 2.16. The van der Waals surface area contributed by atoms with E-state index in [0.717, 1.165) is 24.2 Å². The number of nitrogens with two attached hydrogens (primary N) is 1. The van der Waals surface area contributed by atoms with Crippen molar-refractivity contribution in [3.05, 3.63) is 52.9 Å². The van der Waals surface area contributed by atoms with E-state index in [1.165, 1.54) is 17.0 Å². The van der Waals surface area contributed by atoms with Gasteiger partial charge in [-0.05, 0) is 31.4 Å². The van der Waals surface area contributed by atoms with Gasteiger partial charge in [-0.1, -0.05) is 30.3 Å². The van der Waals surface area contributed by atoms with Crippen LogP contribution in [0.2, 0.25) is 0 Å². The predicted octanol–water partition coefficient (Wildman–Crippen LogP) is 2.15. The monoisotopic (exact) mass is 338 g/mol. The lowest BCUT2D eigenvalue weighted by Crippen LogP contribution is -2.32. The third-order valence-electron chi connectivity index (χ3n) is 3.20. The first kappa shape index (κ1) is 16.7. The van der Waals surface area contributed by atoms with Gasteiger partial charge in [0.25, 0.3) is 5.91 Å². The zero-order valence-corrected chi connectivity index (χ0v) is 13.8. The number of rotatable bonds is 6. The molecule has 0 bridgehead atoms. The van der Waals surface area contributed by atoms with Crippen molar-refractivity contribution in [2.45, 2.75) is 30.0 Å². The maximum Gasteiger partial charge on any atom is 0.252 e. The van der Waals surface area contributed by atoms with Crippen molar-refractivity contribution in [1.82, 2.24) is 5.32 Å². The topological polar surface area (TPSA) is 89.3 Å². The van der Waals surface area contributed by atoms with Crippen LogP contribution in [0, 0.1) is 0 Å². The molecule has 7 heteroatoms. The number of benzene rings is 1. The SMILES string of the molecule is CC(CCc1ccccc1)NC(=O)c1csc(S(N)(=O)=O)c1. The highest BCUT2D eigenvalue weighted by molar-refractivity contribution is 7.91. The number of hydrogen-bond acceptors (Lipinski definition) is 4. The van der Waals surface area contributed by atoms with E-state index in [4.69, 9.17) is 5.14 Å². The summed E-state index contributed by atoms with van der Waals surface area (Å²) in [6.07, 6.45) is 1.68. The Bertz CT molecular complexity index is 739. The summed E-state index contributed by atoms with van der Waals surface area (Å²) in [6, 6.07) is 11.3. The molecule has 118 valence electrons. The Morgan fingerprint density at radius 2 is 2.00 bits per heavy atom. The number of sulfonamides is 1. The number of primary sulfonamides is 1. The summed E-state index contributed by atoms with van der Waals surface area (Å²) in [7, 11) is -3.75. The summed E-state index contributed by atoms with van der Waals surface area (Å²) >= 11 is 0.948. The van der Waals surface area contributed by atoms with E-state index >= 15 is 0 Å². The number of hydrogen-bond donors (Lipinski definition) is 2. The third-order valence-corrected chi connectivity index (χ3v) is 5.59. The van der Waals surface area contributed by atoms with Gasteiger partial charge in [-0.25, -0.2) is 13.6 Å². The Balaban J connectivity index is 1.90. The van der Waals surface area contributed by atoms with E-state index in [1.807, 2.05) is 37.3 Å². The average molecular weight is 338 g/mol. The van der Waals surface area contributed by atoms with Gasteiger partial charge in [0.2, 0.25) is 10.0 Å². The summed E-state index contributed by atoms with van der Waals surface area (Å²) in [5.74, 6) is -0.285. The molecular weight excluding hydrogens is 320 g/mol. The van der Waals surface area contributed by atoms with E-state index in [1.54, 1.807) is 0 Å². The smallest absolute Gasteiger partial charge is 0.252 e. The minimum Gasteiger partial charge on any atom is -0.350 e. The number of aryl methyl sites for hydroxylation is 1. The second kappa shape index (κ2) is 7.04. The Morgan fingerprint density at radius 3 is 2.59 bits per heavy atom. The number of nitrogens with one attached hydrogen (secondary N) is 1. The van der Waals surface area contributed by atoms with Gasteiger partial charge in [0, 0.05) is 11.4 Å². The number of carbonyl (C=O) groups is 1. The van der Waals surface area contributed by atoms with Gasteiger partial charge in [0.15, 0.2) is 0 Å². The van der Waals surface area contributed by atoms with Crippen LogP contribution in [0.1, 0.15) is 29.3 Å². The maximum atomic E-state index is 12.1. The summed E-state index contributed by atoms with van der Waals surface area (Å²) < 4.78 is 22.4. The minimum absolute atomic E-state index is 0.00501. The van der Waals surface area contributed by atoms with Gasteiger partial charge < -0.3 is 5.32 Å². The molecule has 2 rings (SSSR count). The highest BCUT2D eigenvalue weighted by Crippen LogP contribution is 2.19. The maximum absolute atomic E-state index is 12.1. The molecule has 1 atom stereocenters. The molecule has 0 spiro atoms. The van der Waals surface area contributed by atoms with Crippen molar-refractivity contribution >= 4 is 27.3 Å². The number of thiophene rings is 1. The zero-order valence-electron chi connectivity index (χ0n) is 12.2. The first-order valence-corrected chi connectivity index (χ1v) is 9.25. The molecule has 1 heterocycles. The van der Waals surface area contributed by atoms with Crippen LogP contribution in [0.15, 0.2) is 46.0 Å². The molecule has 1 aromatic heterocycles. The van der Waals surface area contributed by atoms with Crippen LogP contribution in [-0.2, 0) is 16.4 Å². The van der Waals surface area contributed by atoms with Crippen molar-refractivity contribution in [2.75, 3.05) is 0 Å². The fourth-order valence-corrected chi connectivity index (χ4v) is 3.58. The second-order valence-electron chi connectivity index (χ2n) is 5.10. The molecule has 22 heavy (non-hydrogen) atoms. The number of amides is 1. The molecule has 1 aromatic carbocycles. The van der Waals surface area contributed by atoms with Crippen molar-refractivity contribution in [3.8, 4) is 0 Å². The largest absolute Gasteiger partial charge is 0.350 e. The molecular formula is C15H18N2O3S2. The summed E-state index contributed by atoms with van der Waals surface area (Å²) in [6.45, 7) is 1.92. The fraction of sp³-hybridized carbons (Fsp3) is 0.267. The standard InChI is InChI=1S/C15H18N2O3S2/c1-11(7-8-12-5-3-2-4-6-12)17-15(18)13-9-14(21-10-13)22(16,19)20/h2-6,9-11H,7-8H2,1H3,(H,17,18)(H2,16,19,20). The van der Waals surface area contributed by atoms with Crippen molar-refractivity contribution in [1.29, 1.82) is 0 Å². The molecule has 5 nitrogen and oxygen atoms in total. The van der Waals surface area contributed by atoms with Gasteiger partial charge in [0.1, 0.15) is 4.21 Å². The van der Waals surface area contributed by atoms with Crippen LogP contribution < -0.4 is 10.5 Å². The Kier molecular flexibility index (Phi) is 5.33. The summed E-state index contributed by atoms with van der Waals surface area (Å²) in [4.78, 5) is 12.1. The highest BCUT2D eigenvalue weighted by atomic mass is 32.2. The van der Waals surface area contributed by atoms with E-state index < -0.39 is 10.0 Å². The van der Waals surface area contributed by atoms with Crippen molar-refractivity contribution in [3.63, 3.8) is 0 Å². The summed E-state index contributed by atoms with van der Waals surface area (Å²) in [5.41, 5.74) is 1.54. The van der Waals surface area contributed by atoms with E-state index in [9.17, 15) is 13.2 Å². The Hall–Kier alpha value is -1.70. The van der Waals surface area contributed by atoms with Gasteiger partial charge in [-0.3, -0.25) is 4.79 Å². The van der Waals surface area contributed by atoms with Gasteiger partial charge in [-0.2, -0.15) is 0 Å². The molecule has 0 radical (unpaired) electrons. The van der Waals surface area contributed by atoms with Crippen molar-refractivity contribution < 1.29 is 13.2 Å². The van der Waals surface area contributed by atoms with Crippen LogP contribution in [0.3, 0.4) is 0 Å². The molecule has 0 saturated carbocycles. The third kappa shape index (κ3) is 4.66. The molecule has 0 aliphatic heterocycles. The van der Waals surface area contributed by atoms with Gasteiger partial charge >= 0.3 is 0 Å². The number of carbonyl (C=O) groups excluding carboxylic acids is 1. The fourth-order valence-electron chi connectivity index (χ4n) is 1.99. The van der Waals surface area contributed by atoms with Gasteiger partial charge in [-0.15, -0.1) is 11.3 Å². The van der Waals surface area contributed by atoms with E-state index in [2.05, 4.69) is 5.32 Å². The summed E-state index contributed by atoms with van der Waals surface area (Å²) in [5, 5.41) is 9.40. The van der Waals surface area contributed by atoms with Crippen LogP contribution >= 0.6 is 11.3 Å². The second-order valence-corrected chi connectivity index (χ2v) is 7.80. The Morgan fingerprint density at radius 1 is 1.32 bits per heavy atom. The molecule has 0 aliphatic carbocycles. The molecule has 0 aliphatic rings. The molecule has 2 aromatic rings. The van der Waals surface area contributed by atoms with Crippen LogP contribution in [0.25, 0.3) is 0 Å². The Labute approximate surface area is 134 Å².